The molecule has 2 heterocycles. The maximum atomic E-state index is 14.1. The second-order valence-electron chi connectivity index (χ2n) is 8.69. The van der Waals surface area contributed by atoms with E-state index in [1.54, 1.807) is 12.1 Å². The number of imide groups is 1. The number of nitrogens with zero attached hydrogens (tertiary/aromatic N) is 1. The molecule has 2 amide bonds. The van der Waals surface area contributed by atoms with Crippen molar-refractivity contribution < 1.29 is 14.7 Å². The molecule has 0 bridgehead atoms. The normalized spacial score (nSPS) is 26.1. The molecule has 5 rings (SSSR count). The lowest BCUT2D eigenvalue weighted by Gasteiger charge is -2.35. The van der Waals surface area contributed by atoms with Crippen molar-refractivity contribution in [1.29, 1.82) is 0 Å². The van der Waals surface area contributed by atoms with Crippen LogP contribution in [0.2, 0.25) is 5.02 Å². The van der Waals surface area contributed by atoms with Crippen LogP contribution in [0.5, 0.6) is 0 Å². The molecule has 2 fully saturated rings. The van der Waals surface area contributed by atoms with Crippen LogP contribution >= 0.6 is 11.6 Å². The summed E-state index contributed by atoms with van der Waals surface area (Å²) < 4.78 is -0.598. The second kappa shape index (κ2) is 6.39. The average molecular weight is 412 g/mol. The van der Waals surface area contributed by atoms with Crippen LogP contribution in [0.1, 0.15) is 36.8 Å². The Labute approximate surface area is 174 Å². The quantitative estimate of drug-likeness (QED) is 0.726. The van der Waals surface area contributed by atoms with Crippen LogP contribution < -0.4 is 9.80 Å². The number of carboxylic acid groups (broad SMARTS) is 1. The van der Waals surface area contributed by atoms with Crippen LogP contribution in [-0.2, 0) is 15.6 Å². The Morgan fingerprint density at radius 3 is 2.24 bits per heavy atom. The molecule has 1 atom stereocenters. The van der Waals surface area contributed by atoms with E-state index in [2.05, 4.69) is 5.32 Å². The van der Waals surface area contributed by atoms with Gasteiger partial charge in [0.2, 0.25) is 0 Å². The first-order valence-corrected chi connectivity index (χ1v) is 10.6. The molecule has 1 unspecified atom stereocenters. The van der Waals surface area contributed by atoms with Gasteiger partial charge in [0.15, 0.2) is 5.69 Å². The van der Waals surface area contributed by atoms with Crippen LogP contribution in [-0.4, -0.2) is 36.7 Å². The molecule has 1 saturated heterocycles. The molecule has 1 spiro atoms. The predicted molar refractivity (Wildman–Crippen MR) is 112 cm³/mol. The molecule has 2 aromatic carbocycles. The molecule has 3 aliphatic rings. The maximum absolute atomic E-state index is 14.1. The third kappa shape index (κ3) is 2.54. The molecule has 0 radical (unpaired) electrons. The molecular weight excluding hydrogens is 388 g/mol. The minimum absolute atomic E-state index is 0.213. The molecule has 1 aliphatic carbocycles. The zero-order chi connectivity index (χ0) is 20.3. The molecule has 6 heteroatoms. The van der Waals surface area contributed by atoms with Crippen LogP contribution in [0, 0.1) is 0 Å². The molecule has 1 saturated carbocycles. The Kier molecular flexibility index (Phi) is 4.14. The summed E-state index contributed by atoms with van der Waals surface area (Å²) in [6.45, 7) is 1.98. The van der Waals surface area contributed by atoms with Crippen molar-refractivity contribution in [2.45, 2.75) is 36.5 Å². The lowest BCUT2D eigenvalue weighted by atomic mass is 9.75. The summed E-state index contributed by atoms with van der Waals surface area (Å²) in [4.78, 5) is 26.9. The number of para-hydroxylation sites is 1. The van der Waals surface area contributed by atoms with Gasteiger partial charge in [-0.05, 0) is 56.5 Å². The first-order chi connectivity index (χ1) is 13.9. The zero-order valence-electron chi connectivity index (χ0n) is 16.2. The Hall–Kier alpha value is -2.21. The standard InChI is InChI=1S/C23H23ClN2O3/c24-17-7-5-16(6-8-17)23(9-10-23)20(27)26(21(28)29)15-22(11-13-25-14-12-22)18-3-1-2-4-19(18)26/h1-8,25H,9-15H2/p+1. The number of carbonyl (C=O) groups is 2. The van der Waals surface area contributed by atoms with Gasteiger partial charge in [0.1, 0.15) is 12.0 Å². The van der Waals surface area contributed by atoms with E-state index >= 15 is 0 Å². The van der Waals surface area contributed by atoms with E-state index in [0.717, 1.165) is 37.1 Å². The minimum Gasteiger partial charge on any atom is -0.435 e. The van der Waals surface area contributed by atoms with Crippen LogP contribution in [0.3, 0.4) is 0 Å². The fraction of sp³-hybridized carbons (Fsp3) is 0.391. The first kappa shape index (κ1) is 18.8. The third-order valence-electron chi connectivity index (χ3n) is 7.22. The van der Waals surface area contributed by atoms with Crippen LogP contribution in [0.4, 0.5) is 10.5 Å². The number of nitrogens with one attached hydrogen (secondary N) is 1. The number of piperidine rings is 1. The van der Waals surface area contributed by atoms with E-state index in [9.17, 15) is 14.7 Å². The van der Waals surface area contributed by atoms with Crippen LogP contribution in [0.25, 0.3) is 0 Å². The summed E-state index contributed by atoms with van der Waals surface area (Å²) >= 11 is 6.04. The van der Waals surface area contributed by atoms with E-state index in [0.29, 0.717) is 30.1 Å². The molecule has 0 aromatic heterocycles. The number of benzene rings is 2. The van der Waals surface area contributed by atoms with Gasteiger partial charge in [-0.3, -0.25) is 0 Å². The van der Waals surface area contributed by atoms with Gasteiger partial charge < -0.3 is 10.4 Å². The number of amides is 2. The molecular formula is C23H24ClN2O3+. The molecule has 29 heavy (non-hydrogen) atoms. The molecule has 5 nitrogen and oxygen atoms in total. The number of hydrogen-bond donors (Lipinski definition) is 2. The first-order valence-electron chi connectivity index (χ1n) is 10.2. The highest BCUT2D eigenvalue weighted by atomic mass is 35.5. The topological polar surface area (TPSA) is 66.4 Å². The lowest BCUT2D eigenvalue weighted by molar-refractivity contribution is -0.131. The fourth-order valence-corrected chi connectivity index (χ4v) is 5.66. The summed E-state index contributed by atoms with van der Waals surface area (Å²) in [5.41, 5.74) is 1.53. The summed E-state index contributed by atoms with van der Waals surface area (Å²) in [6.07, 6.45) is 1.98. The van der Waals surface area contributed by atoms with E-state index in [1.807, 2.05) is 36.4 Å². The van der Waals surface area contributed by atoms with Crippen molar-refractivity contribution in [3.05, 3.63) is 64.7 Å². The summed E-state index contributed by atoms with van der Waals surface area (Å²) in [6, 6.07) is 15.0. The summed E-state index contributed by atoms with van der Waals surface area (Å²) in [5, 5.41) is 14.5. The van der Waals surface area contributed by atoms with Gasteiger partial charge >= 0.3 is 12.0 Å². The van der Waals surface area contributed by atoms with Crippen LogP contribution in [0.15, 0.2) is 48.5 Å². The Balaban J connectivity index is 1.66. The molecule has 2 aromatic rings. The highest BCUT2D eigenvalue weighted by molar-refractivity contribution is 6.30. The van der Waals surface area contributed by atoms with E-state index in [-0.39, 0.29) is 11.3 Å². The number of halogens is 1. The van der Waals surface area contributed by atoms with Crippen molar-refractivity contribution >= 4 is 29.3 Å². The zero-order valence-corrected chi connectivity index (χ0v) is 16.9. The Morgan fingerprint density at radius 2 is 1.62 bits per heavy atom. The van der Waals surface area contributed by atoms with Crippen molar-refractivity contribution in [2.24, 2.45) is 0 Å². The van der Waals surface area contributed by atoms with Crippen molar-refractivity contribution in [2.75, 3.05) is 19.6 Å². The van der Waals surface area contributed by atoms with Gasteiger partial charge in [-0.25, -0.2) is 4.79 Å². The number of rotatable bonds is 2. The average Bonchev–Trinajstić information content (AvgIpc) is 3.49. The smallest absolute Gasteiger partial charge is 0.435 e. The van der Waals surface area contributed by atoms with Crippen molar-refractivity contribution in [3.8, 4) is 0 Å². The lowest BCUT2D eigenvalue weighted by Crippen LogP contribution is -2.63. The van der Waals surface area contributed by atoms with E-state index in [4.69, 9.17) is 11.6 Å². The predicted octanol–water partition coefficient (Wildman–Crippen LogP) is 4.22. The summed E-state index contributed by atoms with van der Waals surface area (Å²) in [5.74, 6) is -0.213. The van der Waals surface area contributed by atoms with Gasteiger partial charge in [0, 0.05) is 16.7 Å². The maximum Gasteiger partial charge on any atom is 0.526 e. The molecule has 2 N–H and O–H groups in total. The second-order valence-corrected chi connectivity index (χ2v) is 9.13. The van der Waals surface area contributed by atoms with Gasteiger partial charge in [0.25, 0.3) is 0 Å². The van der Waals surface area contributed by atoms with Gasteiger partial charge in [-0.1, -0.05) is 41.9 Å². The fourth-order valence-electron chi connectivity index (χ4n) is 5.54. The van der Waals surface area contributed by atoms with Gasteiger partial charge in [0.05, 0.1) is 5.41 Å². The number of fused-ring (bicyclic) bond motifs is 2. The largest absolute Gasteiger partial charge is 0.526 e. The van der Waals surface area contributed by atoms with E-state index in [1.165, 1.54) is 0 Å². The highest BCUT2D eigenvalue weighted by Crippen LogP contribution is 2.57. The number of quaternary nitrogens is 1. The van der Waals surface area contributed by atoms with Crippen molar-refractivity contribution in [3.63, 3.8) is 0 Å². The minimum atomic E-state index is -1.07. The Bertz CT molecular complexity index is 993. The van der Waals surface area contributed by atoms with Crippen molar-refractivity contribution in [1.82, 2.24) is 9.80 Å². The summed E-state index contributed by atoms with van der Waals surface area (Å²) in [7, 11) is 0. The monoisotopic (exact) mass is 411 g/mol. The molecule has 150 valence electrons. The van der Waals surface area contributed by atoms with E-state index < -0.39 is 16.0 Å². The Morgan fingerprint density at radius 1 is 0.966 bits per heavy atom. The van der Waals surface area contributed by atoms with Gasteiger partial charge in [-0.2, -0.15) is 4.79 Å². The highest BCUT2D eigenvalue weighted by Gasteiger charge is 2.69. The van der Waals surface area contributed by atoms with Gasteiger partial charge in [-0.15, -0.1) is 4.48 Å². The SMILES string of the molecule is O=C(O)[N+]1(C(=O)C2(c3ccc(Cl)cc3)CC2)CC2(CCNCC2)c2ccccc21. The number of carbonyl (C=O) groups excluding carboxylic acids is 1. The third-order valence-corrected chi connectivity index (χ3v) is 7.47. The molecule has 2 aliphatic heterocycles. The number of hydrogen-bond acceptors (Lipinski definition) is 3.